The SMILES string of the molecule is CCC(=C(c1ccccc1)c1ccc(OCCN(C)CC(F)N(CC)CC)cc1)c1ccccc1. The fraction of sp³-hybridized carbons (Fsp3) is 0.355. The van der Waals surface area contributed by atoms with E-state index in [1.165, 1.54) is 27.8 Å². The molecule has 0 aliphatic heterocycles. The maximum atomic E-state index is 14.4. The molecule has 0 saturated heterocycles. The number of rotatable bonds is 13. The summed E-state index contributed by atoms with van der Waals surface area (Å²) < 4.78 is 20.4. The molecule has 0 aliphatic rings. The van der Waals surface area contributed by atoms with E-state index in [2.05, 4.69) is 79.7 Å². The number of benzene rings is 3. The summed E-state index contributed by atoms with van der Waals surface area (Å²) in [6.45, 7) is 9.21. The molecule has 3 aromatic rings. The van der Waals surface area contributed by atoms with Crippen LogP contribution in [-0.2, 0) is 0 Å². The van der Waals surface area contributed by atoms with Crippen LogP contribution in [0, 0.1) is 0 Å². The van der Waals surface area contributed by atoms with Crippen LogP contribution >= 0.6 is 0 Å². The van der Waals surface area contributed by atoms with Crippen LogP contribution in [0.3, 0.4) is 0 Å². The Hall–Kier alpha value is -2.95. The van der Waals surface area contributed by atoms with Crippen LogP contribution in [0.5, 0.6) is 5.75 Å². The number of allylic oxidation sites excluding steroid dienone is 1. The molecule has 0 saturated carbocycles. The fourth-order valence-corrected chi connectivity index (χ4v) is 4.41. The first-order valence-electron chi connectivity index (χ1n) is 12.7. The van der Waals surface area contributed by atoms with E-state index in [9.17, 15) is 4.39 Å². The fourth-order valence-electron chi connectivity index (χ4n) is 4.41. The highest BCUT2D eigenvalue weighted by atomic mass is 19.1. The standard InChI is InChI=1S/C31H39FN2O/c1-5-29(25-14-10-8-11-15-25)31(26-16-12-9-13-17-26)27-18-20-28(21-19-27)35-23-22-33(4)24-30(32)34(6-2)7-3/h8-21,30H,5-7,22-24H2,1-4H3. The molecule has 0 aromatic heterocycles. The molecule has 0 bridgehead atoms. The van der Waals surface area contributed by atoms with E-state index in [1.807, 2.05) is 42.8 Å². The van der Waals surface area contributed by atoms with Crippen molar-refractivity contribution in [3.8, 4) is 5.75 Å². The molecule has 0 aliphatic carbocycles. The highest BCUT2D eigenvalue weighted by molar-refractivity contribution is 5.98. The molecule has 3 aromatic carbocycles. The number of ether oxygens (including phenoxy) is 1. The Balaban J connectivity index is 1.72. The molecule has 0 fully saturated rings. The van der Waals surface area contributed by atoms with Gasteiger partial charge in [-0.3, -0.25) is 9.80 Å². The van der Waals surface area contributed by atoms with Crippen molar-refractivity contribution in [3.05, 3.63) is 102 Å². The summed E-state index contributed by atoms with van der Waals surface area (Å²) in [4.78, 5) is 3.81. The number of halogens is 1. The number of hydrogen-bond acceptors (Lipinski definition) is 3. The summed E-state index contributed by atoms with van der Waals surface area (Å²) in [5.41, 5.74) is 6.18. The van der Waals surface area contributed by atoms with Gasteiger partial charge >= 0.3 is 0 Å². The second-order valence-electron chi connectivity index (χ2n) is 8.73. The van der Waals surface area contributed by atoms with Crippen LogP contribution in [0.15, 0.2) is 84.9 Å². The third-order valence-electron chi connectivity index (χ3n) is 6.40. The number of likely N-dealkylation sites (N-methyl/N-ethyl adjacent to an activating group) is 2. The van der Waals surface area contributed by atoms with Gasteiger partial charge in [0.25, 0.3) is 0 Å². The molecular weight excluding hydrogens is 435 g/mol. The Morgan fingerprint density at radius 2 is 1.31 bits per heavy atom. The van der Waals surface area contributed by atoms with Crippen molar-refractivity contribution in [2.45, 2.75) is 33.5 Å². The Morgan fingerprint density at radius 1 is 0.771 bits per heavy atom. The molecule has 1 unspecified atom stereocenters. The maximum Gasteiger partial charge on any atom is 0.166 e. The Labute approximate surface area is 210 Å². The van der Waals surface area contributed by atoms with Crippen LogP contribution < -0.4 is 4.74 Å². The summed E-state index contributed by atoms with van der Waals surface area (Å²) in [5.74, 6) is 0.827. The van der Waals surface area contributed by atoms with Crippen molar-refractivity contribution in [2.75, 3.05) is 39.8 Å². The van der Waals surface area contributed by atoms with Crippen LogP contribution in [-0.4, -0.2) is 55.9 Å². The van der Waals surface area contributed by atoms with Gasteiger partial charge < -0.3 is 4.74 Å². The third kappa shape index (κ3) is 7.51. The van der Waals surface area contributed by atoms with Crippen LogP contribution in [0.1, 0.15) is 43.9 Å². The van der Waals surface area contributed by atoms with Gasteiger partial charge in [0.2, 0.25) is 0 Å². The largest absolute Gasteiger partial charge is 0.492 e. The first-order valence-corrected chi connectivity index (χ1v) is 12.7. The van der Waals surface area contributed by atoms with Crippen molar-refractivity contribution in [1.82, 2.24) is 9.80 Å². The van der Waals surface area contributed by atoms with E-state index in [0.717, 1.165) is 25.3 Å². The minimum absolute atomic E-state index is 0.383. The summed E-state index contributed by atoms with van der Waals surface area (Å²) in [6, 6.07) is 29.5. The number of nitrogens with zero attached hydrogens (tertiary/aromatic N) is 2. The quantitative estimate of drug-likeness (QED) is 0.196. The van der Waals surface area contributed by atoms with Gasteiger partial charge in [-0.05, 0) is 66.5 Å². The molecule has 1 atom stereocenters. The second kappa shape index (κ2) is 13.8. The van der Waals surface area contributed by atoms with E-state index >= 15 is 0 Å². The van der Waals surface area contributed by atoms with E-state index in [4.69, 9.17) is 4.74 Å². The zero-order chi connectivity index (χ0) is 25.0. The molecule has 3 nitrogen and oxygen atoms in total. The summed E-state index contributed by atoms with van der Waals surface area (Å²) in [7, 11) is 1.94. The Kier molecular flexibility index (Phi) is 10.5. The lowest BCUT2D eigenvalue weighted by molar-refractivity contribution is 0.0578. The van der Waals surface area contributed by atoms with Gasteiger partial charge in [0.15, 0.2) is 6.30 Å². The topological polar surface area (TPSA) is 15.7 Å². The van der Waals surface area contributed by atoms with Crippen molar-refractivity contribution in [3.63, 3.8) is 0 Å². The van der Waals surface area contributed by atoms with Gasteiger partial charge in [-0.25, -0.2) is 4.39 Å². The average molecular weight is 475 g/mol. The smallest absolute Gasteiger partial charge is 0.166 e. The van der Waals surface area contributed by atoms with Gasteiger partial charge in [-0.1, -0.05) is 93.6 Å². The zero-order valence-electron chi connectivity index (χ0n) is 21.6. The molecule has 0 N–H and O–H groups in total. The van der Waals surface area contributed by atoms with Crippen molar-refractivity contribution >= 4 is 11.1 Å². The lowest BCUT2D eigenvalue weighted by atomic mass is 9.88. The monoisotopic (exact) mass is 474 g/mol. The molecular formula is C31H39FN2O. The minimum Gasteiger partial charge on any atom is -0.492 e. The predicted octanol–water partition coefficient (Wildman–Crippen LogP) is 7.00. The van der Waals surface area contributed by atoms with E-state index in [-0.39, 0.29) is 0 Å². The molecule has 4 heteroatoms. The summed E-state index contributed by atoms with van der Waals surface area (Å²) in [6.07, 6.45) is -0.0168. The van der Waals surface area contributed by atoms with Gasteiger partial charge in [0.1, 0.15) is 12.4 Å². The van der Waals surface area contributed by atoms with Crippen LogP contribution in [0.2, 0.25) is 0 Å². The summed E-state index contributed by atoms with van der Waals surface area (Å²) >= 11 is 0. The van der Waals surface area contributed by atoms with Crippen molar-refractivity contribution < 1.29 is 9.13 Å². The highest BCUT2D eigenvalue weighted by Gasteiger charge is 2.16. The predicted molar refractivity (Wildman–Crippen MR) is 146 cm³/mol. The van der Waals surface area contributed by atoms with Crippen LogP contribution in [0.4, 0.5) is 4.39 Å². The van der Waals surface area contributed by atoms with Crippen LogP contribution in [0.25, 0.3) is 11.1 Å². The average Bonchev–Trinajstić information content (AvgIpc) is 2.89. The van der Waals surface area contributed by atoms with Gasteiger partial charge in [-0.15, -0.1) is 0 Å². The maximum absolute atomic E-state index is 14.4. The first kappa shape index (κ1) is 26.7. The molecule has 0 spiro atoms. The Morgan fingerprint density at radius 3 is 1.86 bits per heavy atom. The van der Waals surface area contributed by atoms with E-state index in [1.54, 1.807) is 0 Å². The number of hydrogen-bond donors (Lipinski definition) is 0. The second-order valence-corrected chi connectivity index (χ2v) is 8.73. The van der Waals surface area contributed by atoms with E-state index in [0.29, 0.717) is 19.7 Å². The van der Waals surface area contributed by atoms with Crippen molar-refractivity contribution in [2.24, 2.45) is 0 Å². The van der Waals surface area contributed by atoms with Gasteiger partial charge in [0.05, 0.1) is 0 Å². The molecule has 3 rings (SSSR count). The molecule has 0 heterocycles. The third-order valence-corrected chi connectivity index (χ3v) is 6.40. The van der Waals surface area contributed by atoms with Gasteiger partial charge in [-0.2, -0.15) is 0 Å². The lowest BCUT2D eigenvalue weighted by Crippen LogP contribution is -2.41. The van der Waals surface area contributed by atoms with Gasteiger partial charge in [0, 0.05) is 13.1 Å². The highest BCUT2D eigenvalue weighted by Crippen LogP contribution is 2.34. The normalized spacial score (nSPS) is 13.1. The molecule has 0 amide bonds. The van der Waals surface area contributed by atoms with E-state index < -0.39 is 6.30 Å². The summed E-state index contributed by atoms with van der Waals surface area (Å²) in [5, 5.41) is 0. The zero-order valence-corrected chi connectivity index (χ0v) is 21.6. The molecule has 186 valence electrons. The van der Waals surface area contributed by atoms with Crippen molar-refractivity contribution in [1.29, 1.82) is 0 Å². The number of alkyl halides is 1. The molecule has 35 heavy (non-hydrogen) atoms. The minimum atomic E-state index is -0.949. The molecule has 0 radical (unpaired) electrons. The Bertz CT molecular complexity index is 1030. The first-order chi connectivity index (χ1) is 17.1. The lowest BCUT2D eigenvalue weighted by Gasteiger charge is -2.27.